The molecule has 3 nitrogen and oxygen atoms in total. The van der Waals surface area contributed by atoms with E-state index < -0.39 is 0 Å². The van der Waals surface area contributed by atoms with Crippen molar-refractivity contribution in [3.63, 3.8) is 0 Å². The summed E-state index contributed by atoms with van der Waals surface area (Å²) in [6.45, 7) is 8.35. The summed E-state index contributed by atoms with van der Waals surface area (Å²) in [6, 6.07) is 8.78. The fourth-order valence-corrected chi connectivity index (χ4v) is 4.51. The van der Waals surface area contributed by atoms with Crippen LogP contribution in [0.3, 0.4) is 0 Å². The Hall–Kier alpha value is -0.870. The fraction of sp³-hybridized carbons (Fsp3) is 0.650. The van der Waals surface area contributed by atoms with Crippen LogP contribution in [-0.4, -0.2) is 47.4 Å². The molecule has 2 aliphatic rings. The molecule has 0 unspecified atom stereocenters. The van der Waals surface area contributed by atoms with Crippen LogP contribution in [0, 0.1) is 5.92 Å². The Balaban J connectivity index is 1.50. The Kier molecular flexibility index (Phi) is 5.66. The molecule has 0 N–H and O–H groups in total. The van der Waals surface area contributed by atoms with Gasteiger partial charge in [0.2, 0.25) is 5.91 Å². The molecule has 1 aromatic rings. The van der Waals surface area contributed by atoms with E-state index in [9.17, 15) is 4.79 Å². The third-order valence-corrected chi connectivity index (χ3v) is 6.63. The highest BCUT2D eigenvalue weighted by Gasteiger charge is 2.37. The molecule has 1 amide bonds. The second kappa shape index (κ2) is 7.57. The van der Waals surface area contributed by atoms with Gasteiger partial charge in [0, 0.05) is 30.0 Å². The summed E-state index contributed by atoms with van der Waals surface area (Å²) < 4.78 is 1.16. The van der Waals surface area contributed by atoms with Crippen LogP contribution in [0.15, 0.2) is 28.7 Å². The Bertz CT molecular complexity index is 556. The summed E-state index contributed by atoms with van der Waals surface area (Å²) in [6.07, 6.45) is 6.02. The fourth-order valence-electron chi connectivity index (χ4n) is 4.25. The van der Waals surface area contributed by atoms with E-state index in [0.717, 1.165) is 36.3 Å². The highest BCUT2D eigenvalue weighted by atomic mass is 79.9. The lowest BCUT2D eigenvalue weighted by Crippen LogP contribution is -2.56. The van der Waals surface area contributed by atoms with Crippen molar-refractivity contribution in [2.75, 3.05) is 26.2 Å². The van der Waals surface area contributed by atoms with Gasteiger partial charge in [0.05, 0.1) is 0 Å². The van der Waals surface area contributed by atoms with Gasteiger partial charge in [-0.15, -0.1) is 0 Å². The highest BCUT2D eigenvalue weighted by molar-refractivity contribution is 9.10. The van der Waals surface area contributed by atoms with Crippen LogP contribution < -0.4 is 0 Å². The molecule has 0 saturated carbocycles. The van der Waals surface area contributed by atoms with Gasteiger partial charge in [-0.1, -0.05) is 28.1 Å². The number of hydrogen-bond acceptors (Lipinski definition) is 2. The van der Waals surface area contributed by atoms with E-state index in [1.807, 2.05) is 4.90 Å². The number of likely N-dealkylation sites (tertiary alicyclic amines) is 2. The summed E-state index contributed by atoms with van der Waals surface area (Å²) >= 11 is 3.51. The summed E-state index contributed by atoms with van der Waals surface area (Å²) in [5, 5.41) is 0. The molecule has 4 heteroatoms. The second-order valence-corrected chi connectivity index (χ2v) is 8.68. The molecule has 2 heterocycles. The summed E-state index contributed by atoms with van der Waals surface area (Å²) in [7, 11) is 0. The van der Waals surface area contributed by atoms with Crippen molar-refractivity contribution in [2.45, 2.75) is 51.5 Å². The SMILES string of the molecule is CC(=O)N1CCC(C)(N2CCC(Cc3ccc(Br)cc3)CC2)CC1. The summed E-state index contributed by atoms with van der Waals surface area (Å²) in [4.78, 5) is 16.2. The van der Waals surface area contributed by atoms with E-state index in [-0.39, 0.29) is 11.4 Å². The monoisotopic (exact) mass is 392 g/mol. The molecule has 0 bridgehead atoms. The minimum absolute atomic E-state index is 0.227. The van der Waals surface area contributed by atoms with E-state index in [4.69, 9.17) is 0 Å². The number of carbonyl (C=O) groups is 1. The number of piperidine rings is 2. The van der Waals surface area contributed by atoms with Gasteiger partial charge < -0.3 is 4.90 Å². The van der Waals surface area contributed by atoms with Gasteiger partial charge in [-0.25, -0.2) is 0 Å². The van der Waals surface area contributed by atoms with Crippen molar-refractivity contribution >= 4 is 21.8 Å². The van der Waals surface area contributed by atoms with Gasteiger partial charge in [-0.05, 0) is 75.7 Å². The van der Waals surface area contributed by atoms with Gasteiger partial charge in [-0.2, -0.15) is 0 Å². The Morgan fingerprint density at radius 3 is 2.25 bits per heavy atom. The van der Waals surface area contributed by atoms with Crippen molar-refractivity contribution in [3.05, 3.63) is 34.3 Å². The van der Waals surface area contributed by atoms with Crippen molar-refractivity contribution in [1.29, 1.82) is 0 Å². The van der Waals surface area contributed by atoms with E-state index >= 15 is 0 Å². The van der Waals surface area contributed by atoms with Gasteiger partial charge in [0.1, 0.15) is 0 Å². The molecule has 2 aliphatic heterocycles. The lowest BCUT2D eigenvalue weighted by Gasteiger charge is -2.49. The first-order valence-corrected chi connectivity index (χ1v) is 10.0. The third-order valence-electron chi connectivity index (χ3n) is 6.10. The van der Waals surface area contributed by atoms with E-state index in [0.29, 0.717) is 0 Å². The lowest BCUT2D eigenvalue weighted by atomic mass is 9.83. The van der Waals surface area contributed by atoms with E-state index in [1.165, 1.54) is 37.9 Å². The second-order valence-electron chi connectivity index (χ2n) is 7.76. The highest BCUT2D eigenvalue weighted by Crippen LogP contribution is 2.33. The standard InChI is InChI=1S/C20H29BrN2O/c1-16(24)22-13-9-20(2,10-14-22)23-11-7-18(8-12-23)15-17-3-5-19(21)6-4-17/h3-6,18H,7-15H2,1-2H3. The number of rotatable bonds is 3. The molecular formula is C20H29BrN2O. The molecule has 132 valence electrons. The first-order chi connectivity index (χ1) is 11.5. The maximum Gasteiger partial charge on any atom is 0.219 e. The average molecular weight is 393 g/mol. The number of hydrogen-bond donors (Lipinski definition) is 0. The maximum absolute atomic E-state index is 11.5. The van der Waals surface area contributed by atoms with Crippen LogP contribution >= 0.6 is 15.9 Å². The number of nitrogens with zero attached hydrogens (tertiary/aromatic N) is 2. The molecule has 3 rings (SSSR count). The summed E-state index contributed by atoms with van der Waals surface area (Å²) in [5.41, 5.74) is 1.74. The quantitative estimate of drug-likeness (QED) is 0.772. The molecular weight excluding hydrogens is 364 g/mol. The van der Waals surface area contributed by atoms with Crippen LogP contribution in [0.4, 0.5) is 0 Å². The number of amides is 1. The largest absolute Gasteiger partial charge is 0.343 e. The van der Waals surface area contributed by atoms with Crippen LogP contribution in [0.1, 0.15) is 45.1 Å². The molecule has 0 radical (unpaired) electrons. The minimum atomic E-state index is 0.227. The molecule has 2 saturated heterocycles. The average Bonchev–Trinajstić information content (AvgIpc) is 2.58. The number of benzene rings is 1. The zero-order valence-corrected chi connectivity index (χ0v) is 16.5. The van der Waals surface area contributed by atoms with Crippen LogP contribution in [-0.2, 0) is 11.2 Å². The Labute approximate surface area is 154 Å². The van der Waals surface area contributed by atoms with Gasteiger partial charge in [0.25, 0.3) is 0 Å². The predicted octanol–water partition coefficient (Wildman–Crippen LogP) is 4.10. The van der Waals surface area contributed by atoms with E-state index in [1.54, 1.807) is 6.92 Å². The van der Waals surface area contributed by atoms with Crippen molar-refractivity contribution in [1.82, 2.24) is 9.80 Å². The van der Waals surface area contributed by atoms with Gasteiger partial charge in [-0.3, -0.25) is 9.69 Å². The number of halogens is 1. The smallest absolute Gasteiger partial charge is 0.219 e. The third kappa shape index (κ3) is 4.20. The summed E-state index contributed by atoms with van der Waals surface area (Å²) in [5.74, 6) is 1.04. The van der Waals surface area contributed by atoms with Crippen LogP contribution in [0.5, 0.6) is 0 Å². The zero-order chi connectivity index (χ0) is 17.2. The lowest BCUT2D eigenvalue weighted by molar-refractivity contribution is -0.131. The molecule has 0 spiro atoms. The van der Waals surface area contributed by atoms with Crippen LogP contribution in [0.2, 0.25) is 0 Å². The molecule has 0 aliphatic carbocycles. The molecule has 0 aromatic heterocycles. The predicted molar refractivity (Wildman–Crippen MR) is 102 cm³/mol. The Morgan fingerprint density at radius 1 is 1.12 bits per heavy atom. The van der Waals surface area contributed by atoms with Gasteiger partial charge in [0.15, 0.2) is 0 Å². The normalized spacial score (nSPS) is 22.5. The Morgan fingerprint density at radius 2 is 1.71 bits per heavy atom. The molecule has 1 aromatic carbocycles. The minimum Gasteiger partial charge on any atom is -0.343 e. The van der Waals surface area contributed by atoms with E-state index in [2.05, 4.69) is 52.0 Å². The van der Waals surface area contributed by atoms with Gasteiger partial charge >= 0.3 is 0 Å². The zero-order valence-electron chi connectivity index (χ0n) is 14.9. The maximum atomic E-state index is 11.5. The van der Waals surface area contributed by atoms with Crippen molar-refractivity contribution in [2.24, 2.45) is 5.92 Å². The first-order valence-electron chi connectivity index (χ1n) is 9.21. The first kappa shape index (κ1) is 17.9. The van der Waals surface area contributed by atoms with Crippen LogP contribution in [0.25, 0.3) is 0 Å². The molecule has 24 heavy (non-hydrogen) atoms. The molecule has 2 fully saturated rings. The molecule has 0 atom stereocenters. The van der Waals surface area contributed by atoms with Crippen molar-refractivity contribution < 1.29 is 4.79 Å². The van der Waals surface area contributed by atoms with Crippen molar-refractivity contribution in [3.8, 4) is 0 Å². The topological polar surface area (TPSA) is 23.6 Å². The number of carbonyl (C=O) groups excluding carboxylic acids is 1.